The van der Waals surface area contributed by atoms with E-state index in [1.54, 1.807) is 7.11 Å². The number of methoxy groups -OCH3 is 1. The summed E-state index contributed by atoms with van der Waals surface area (Å²) in [6, 6.07) is 6.10. The third-order valence-corrected chi connectivity index (χ3v) is 6.58. The molecule has 0 aromatic heterocycles. The van der Waals surface area contributed by atoms with Crippen LogP contribution in [0.3, 0.4) is 0 Å². The molecule has 6 nitrogen and oxygen atoms in total. The lowest BCUT2D eigenvalue weighted by Crippen LogP contribution is -2.42. The molecule has 1 heterocycles. The van der Waals surface area contributed by atoms with E-state index in [-0.39, 0.29) is 17.1 Å². The Kier molecular flexibility index (Phi) is 7.43. The highest BCUT2D eigenvalue weighted by Crippen LogP contribution is 2.46. The van der Waals surface area contributed by atoms with Gasteiger partial charge < -0.3 is 14.6 Å². The zero-order valence-electron chi connectivity index (χ0n) is 19.1. The molecule has 1 saturated carbocycles. The van der Waals surface area contributed by atoms with Gasteiger partial charge in [0.2, 0.25) is 0 Å². The van der Waals surface area contributed by atoms with Crippen molar-refractivity contribution in [3.8, 4) is 11.5 Å². The van der Waals surface area contributed by atoms with Crippen LogP contribution < -0.4 is 14.9 Å². The number of ketones is 1. The largest absolute Gasteiger partial charge is 0.493 e. The third kappa shape index (κ3) is 5.54. The molecule has 2 aliphatic rings. The summed E-state index contributed by atoms with van der Waals surface area (Å²) in [6.45, 7) is 10.5. The van der Waals surface area contributed by atoms with Gasteiger partial charge in [0.15, 0.2) is 11.5 Å². The topological polar surface area (TPSA) is 71.0 Å². The smallest absolute Gasteiger partial charge is 0.161 e. The minimum absolute atomic E-state index is 0.111. The highest BCUT2D eigenvalue weighted by molar-refractivity contribution is 5.80. The van der Waals surface area contributed by atoms with Gasteiger partial charge in [-0.25, -0.2) is 10.4 Å². The predicted molar refractivity (Wildman–Crippen MR) is 118 cm³/mol. The van der Waals surface area contributed by atoms with Crippen molar-refractivity contribution < 1.29 is 19.4 Å². The minimum Gasteiger partial charge on any atom is -0.493 e. The van der Waals surface area contributed by atoms with Gasteiger partial charge in [-0.15, -0.1) is 0 Å². The number of rotatable bonds is 11. The summed E-state index contributed by atoms with van der Waals surface area (Å²) in [5, 5.41) is 12.7. The van der Waals surface area contributed by atoms with E-state index < -0.39 is 6.10 Å². The van der Waals surface area contributed by atoms with Crippen molar-refractivity contribution in [1.82, 2.24) is 10.4 Å². The second-order valence-corrected chi connectivity index (χ2v) is 9.75. The molecule has 168 valence electrons. The van der Waals surface area contributed by atoms with E-state index in [9.17, 15) is 9.90 Å². The summed E-state index contributed by atoms with van der Waals surface area (Å²) in [5.41, 5.74) is 4.09. The standard InChI is InChI=1S/C24H38N2O4/c1-16(2)10-20(28)12-25-26-13-21(24(4,15-26)17(3)27)19-8-9-22(29-5)23(11-19)30-14-18-6-7-18/h8-9,11,16-18,21,25,27H,6-7,10,12-15H2,1-5H3/t17-,21+,24+/m1/s1. The number of hydrazine groups is 1. The molecule has 2 N–H and O–H groups in total. The fourth-order valence-electron chi connectivity index (χ4n) is 4.29. The zero-order chi connectivity index (χ0) is 21.9. The lowest BCUT2D eigenvalue weighted by Gasteiger charge is -2.34. The lowest BCUT2D eigenvalue weighted by molar-refractivity contribution is -0.119. The molecule has 0 radical (unpaired) electrons. The summed E-state index contributed by atoms with van der Waals surface area (Å²) in [4.78, 5) is 12.1. The molecule has 0 spiro atoms. The van der Waals surface area contributed by atoms with E-state index >= 15 is 0 Å². The van der Waals surface area contributed by atoms with E-state index in [1.165, 1.54) is 12.8 Å². The van der Waals surface area contributed by atoms with Gasteiger partial charge in [0.05, 0.1) is 26.4 Å². The Hall–Kier alpha value is -1.63. The zero-order valence-corrected chi connectivity index (χ0v) is 19.1. The van der Waals surface area contributed by atoms with Gasteiger partial charge in [0.1, 0.15) is 5.78 Å². The van der Waals surface area contributed by atoms with Crippen molar-refractivity contribution in [1.29, 1.82) is 0 Å². The maximum atomic E-state index is 12.1. The van der Waals surface area contributed by atoms with Crippen molar-refractivity contribution in [2.75, 3.05) is 33.4 Å². The molecule has 1 aromatic carbocycles. The molecule has 1 aromatic rings. The number of Topliss-reactive ketones (excluding diaryl/α,β-unsaturated/α-hetero) is 1. The molecular weight excluding hydrogens is 380 g/mol. The van der Waals surface area contributed by atoms with Crippen LogP contribution in [0.4, 0.5) is 0 Å². The number of nitrogens with zero attached hydrogens (tertiary/aromatic N) is 1. The molecule has 6 heteroatoms. The Morgan fingerprint density at radius 3 is 2.63 bits per heavy atom. The second kappa shape index (κ2) is 9.67. The van der Waals surface area contributed by atoms with Gasteiger partial charge >= 0.3 is 0 Å². The molecule has 2 fully saturated rings. The van der Waals surface area contributed by atoms with Crippen LogP contribution in [0.5, 0.6) is 11.5 Å². The van der Waals surface area contributed by atoms with Gasteiger partial charge in [-0.1, -0.05) is 26.8 Å². The van der Waals surface area contributed by atoms with Gasteiger partial charge in [0.25, 0.3) is 0 Å². The van der Waals surface area contributed by atoms with Gasteiger partial charge in [-0.3, -0.25) is 4.79 Å². The van der Waals surface area contributed by atoms with Crippen molar-refractivity contribution in [3.63, 3.8) is 0 Å². The van der Waals surface area contributed by atoms with Crippen LogP contribution in [0, 0.1) is 17.3 Å². The van der Waals surface area contributed by atoms with Gasteiger partial charge in [-0.2, -0.15) is 0 Å². The second-order valence-electron chi connectivity index (χ2n) is 9.75. The normalized spacial score (nSPS) is 25.5. The summed E-state index contributed by atoms with van der Waals surface area (Å²) in [5.74, 6) is 2.86. The van der Waals surface area contributed by atoms with Crippen LogP contribution in [-0.2, 0) is 4.79 Å². The van der Waals surface area contributed by atoms with E-state index in [0.29, 0.717) is 31.3 Å². The highest BCUT2D eigenvalue weighted by atomic mass is 16.5. The van der Waals surface area contributed by atoms with E-state index in [0.717, 1.165) is 30.2 Å². The molecule has 1 saturated heterocycles. The first-order chi connectivity index (χ1) is 14.2. The summed E-state index contributed by atoms with van der Waals surface area (Å²) >= 11 is 0. The van der Waals surface area contributed by atoms with E-state index in [4.69, 9.17) is 9.47 Å². The lowest BCUT2D eigenvalue weighted by atomic mass is 9.72. The third-order valence-electron chi connectivity index (χ3n) is 6.58. The van der Waals surface area contributed by atoms with Crippen molar-refractivity contribution >= 4 is 5.78 Å². The van der Waals surface area contributed by atoms with Crippen LogP contribution in [0.15, 0.2) is 18.2 Å². The first-order valence-corrected chi connectivity index (χ1v) is 11.2. The number of hydrogen-bond acceptors (Lipinski definition) is 6. The van der Waals surface area contributed by atoms with Crippen molar-refractivity contribution in [2.45, 2.75) is 59.0 Å². The van der Waals surface area contributed by atoms with Crippen LogP contribution in [0.25, 0.3) is 0 Å². The monoisotopic (exact) mass is 418 g/mol. The molecule has 0 amide bonds. The van der Waals surface area contributed by atoms with Gasteiger partial charge in [0, 0.05) is 30.8 Å². The van der Waals surface area contributed by atoms with Crippen LogP contribution in [-0.4, -0.2) is 55.4 Å². The predicted octanol–water partition coefficient (Wildman–Crippen LogP) is 3.39. The van der Waals surface area contributed by atoms with Crippen LogP contribution in [0.1, 0.15) is 58.4 Å². The van der Waals surface area contributed by atoms with Crippen LogP contribution in [0.2, 0.25) is 0 Å². The molecule has 3 rings (SSSR count). The van der Waals surface area contributed by atoms with Crippen LogP contribution >= 0.6 is 0 Å². The van der Waals surface area contributed by atoms with Crippen molar-refractivity contribution in [3.05, 3.63) is 23.8 Å². The van der Waals surface area contributed by atoms with E-state index in [1.807, 2.05) is 13.0 Å². The quantitative estimate of drug-likeness (QED) is 0.574. The Morgan fingerprint density at radius 1 is 1.30 bits per heavy atom. The SMILES string of the molecule is COc1ccc([C@@H]2CN(NCC(=O)CC(C)C)C[C@@]2(C)[C@@H](C)O)cc1OCC1CC1. The molecule has 0 bridgehead atoms. The average molecular weight is 419 g/mol. The summed E-state index contributed by atoms with van der Waals surface area (Å²) in [7, 11) is 1.66. The Labute approximate surface area is 180 Å². The minimum atomic E-state index is -0.487. The maximum Gasteiger partial charge on any atom is 0.161 e. The Bertz CT molecular complexity index is 732. The number of ether oxygens (including phenoxy) is 2. The molecular formula is C24H38N2O4. The number of aliphatic hydroxyl groups is 1. The fourth-order valence-corrected chi connectivity index (χ4v) is 4.29. The Balaban J connectivity index is 1.74. The van der Waals surface area contributed by atoms with Crippen molar-refractivity contribution in [2.24, 2.45) is 17.3 Å². The molecule has 1 aliphatic heterocycles. The molecule has 3 atom stereocenters. The molecule has 0 unspecified atom stereocenters. The maximum absolute atomic E-state index is 12.1. The molecule has 30 heavy (non-hydrogen) atoms. The number of aliphatic hydroxyl groups excluding tert-OH is 1. The first-order valence-electron chi connectivity index (χ1n) is 11.2. The number of hydrogen-bond donors (Lipinski definition) is 2. The Morgan fingerprint density at radius 2 is 2.03 bits per heavy atom. The summed E-state index contributed by atoms with van der Waals surface area (Å²) < 4.78 is 11.6. The average Bonchev–Trinajstić information content (AvgIpc) is 3.45. The summed E-state index contributed by atoms with van der Waals surface area (Å²) in [6.07, 6.45) is 2.57. The first kappa shape index (κ1) is 23.0. The van der Waals surface area contributed by atoms with E-state index in [2.05, 4.69) is 43.3 Å². The highest BCUT2D eigenvalue weighted by Gasteiger charge is 2.47. The fraction of sp³-hybridized carbons (Fsp3) is 0.708. The number of benzene rings is 1. The number of carbonyl (C=O) groups is 1. The van der Waals surface area contributed by atoms with Gasteiger partial charge in [-0.05, 0) is 49.3 Å². The number of carbonyl (C=O) groups excluding carboxylic acids is 1. The molecule has 1 aliphatic carbocycles. The number of nitrogens with one attached hydrogen (secondary N) is 1.